The quantitative estimate of drug-likeness (QED) is 0.397. The van der Waals surface area contributed by atoms with Crippen LogP contribution in [0.4, 0.5) is 21.6 Å². The third kappa shape index (κ3) is 3.71. The Morgan fingerprint density at radius 1 is 1.08 bits per heavy atom. The van der Waals surface area contributed by atoms with Gasteiger partial charge in [0.25, 0.3) is 0 Å². The van der Waals surface area contributed by atoms with Crippen LogP contribution in [0.15, 0.2) is 55.0 Å². The van der Waals surface area contributed by atoms with Crippen molar-refractivity contribution >= 4 is 22.8 Å². The fraction of sp³-hybridized carbons (Fsp3) is 0.333. The molecular formula is C27H27FN6O2. The van der Waals surface area contributed by atoms with Gasteiger partial charge in [-0.25, -0.2) is 14.4 Å². The number of aromatic nitrogens is 3. The van der Waals surface area contributed by atoms with Crippen LogP contribution >= 0.6 is 0 Å². The van der Waals surface area contributed by atoms with E-state index in [-0.39, 0.29) is 11.9 Å². The number of aliphatic hydroxyl groups is 1. The van der Waals surface area contributed by atoms with E-state index >= 15 is 0 Å². The number of hydrogen-bond acceptors (Lipinski definition) is 7. The zero-order valence-electron chi connectivity index (χ0n) is 19.7. The zero-order valence-corrected chi connectivity index (χ0v) is 19.7. The van der Waals surface area contributed by atoms with Gasteiger partial charge >= 0.3 is 0 Å². The van der Waals surface area contributed by atoms with E-state index in [1.807, 2.05) is 16.7 Å². The molecule has 0 spiro atoms. The van der Waals surface area contributed by atoms with Crippen molar-refractivity contribution in [2.24, 2.45) is 0 Å². The first-order valence-electron chi connectivity index (χ1n) is 12.4. The van der Waals surface area contributed by atoms with E-state index in [9.17, 15) is 9.50 Å². The number of imidazole rings is 1. The first-order chi connectivity index (χ1) is 17.6. The number of morpholine rings is 1. The monoisotopic (exact) mass is 486 g/mol. The van der Waals surface area contributed by atoms with Crippen molar-refractivity contribution in [1.29, 1.82) is 0 Å². The molecular weight excluding hydrogens is 459 g/mol. The van der Waals surface area contributed by atoms with Crippen LogP contribution in [0.25, 0.3) is 16.9 Å². The lowest BCUT2D eigenvalue weighted by Crippen LogP contribution is -2.48. The first kappa shape index (κ1) is 21.7. The third-order valence-corrected chi connectivity index (χ3v) is 7.59. The van der Waals surface area contributed by atoms with Crippen molar-refractivity contribution in [3.63, 3.8) is 0 Å². The molecule has 1 saturated heterocycles. The number of fused-ring (bicyclic) bond motifs is 2. The van der Waals surface area contributed by atoms with Gasteiger partial charge in [0.2, 0.25) is 0 Å². The van der Waals surface area contributed by atoms with E-state index in [1.54, 1.807) is 12.4 Å². The average Bonchev–Trinajstić information content (AvgIpc) is 3.28. The first-order valence-corrected chi connectivity index (χ1v) is 12.4. The van der Waals surface area contributed by atoms with Gasteiger partial charge in [0.05, 0.1) is 36.0 Å². The van der Waals surface area contributed by atoms with E-state index in [2.05, 4.69) is 43.7 Å². The van der Waals surface area contributed by atoms with Crippen molar-refractivity contribution in [2.75, 3.05) is 29.9 Å². The fourth-order valence-electron chi connectivity index (χ4n) is 5.37. The minimum absolute atomic E-state index is 0.135. The van der Waals surface area contributed by atoms with Gasteiger partial charge in [-0.3, -0.25) is 4.40 Å². The molecule has 7 rings (SSSR count). The van der Waals surface area contributed by atoms with Crippen LogP contribution in [0, 0.1) is 5.82 Å². The summed E-state index contributed by atoms with van der Waals surface area (Å²) in [5, 5.41) is 17.4. The predicted octanol–water partition coefficient (Wildman–Crippen LogP) is 3.61. The van der Waals surface area contributed by atoms with Crippen LogP contribution in [0.3, 0.4) is 0 Å². The molecule has 184 valence electrons. The molecule has 8 nitrogen and oxygen atoms in total. The lowest BCUT2D eigenvalue weighted by atomic mass is 9.99. The number of pyridine rings is 2. The summed E-state index contributed by atoms with van der Waals surface area (Å²) in [4.78, 5) is 11.3. The summed E-state index contributed by atoms with van der Waals surface area (Å²) < 4.78 is 21.4. The Labute approximate surface area is 207 Å². The van der Waals surface area contributed by atoms with Crippen molar-refractivity contribution in [3.05, 3.63) is 71.9 Å². The zero-order chi connectivity index (χ0) is 24.3. The van der Waals surface area contributed by atoms with Crippen LogP contribution in [-0.2, 0) is 17.8 Å². The van der Waals surface area contributed by atoms with Gasteiger partial charge in [-0.05, 0) is 48.2 Å². The van der Waals surface area contributed by atoms with Crippen LogP contribution < -0.4 is 15.5 Å². The third-order valence-electron chi connectivity index (χ3n) is 7.59. The summed E-state index contributed by atoms with van der Waals surface area (Å²) in [7, 11) is 0. The van der Waals surface area contributed by atoms with Crippen LogP contribution in [0.1, 0.15) is 24.0 Å². The molecule has 3 N–H and O–H groups in total. The summed E-state index contributed by atoms with van der Waals surface area (Å²) in [5.74, 6) is 0.481. The number of nitrogens with one attached hydrogen (secondary N) is 2. The molecule has 0 unspecified atom stereocenters. The van der Waals surface area contributed by atoms with Crippen LogP contribution in [-0.4, -0.2) is 50.9 Å². The van der Waals surface area contributed by atoms with Gasteiger partial charge in [-0.15, -0.1) is 0 Å². The highest BCUT2D eigenvalue weighted by Gasteiger charge is 2.50. The molecule has 2 aliphatic heterocycles. The molecule has 1 aliphatic carbocycles. The van der Waals surface area contributed by atoms with Gasteiger partial charge in [0.1, 0.15) is 23.4 Å². The molecule has 1 atom stereocenters. The predicted molar refractivity (Wildman–Crippen MR) is 135 cm³/mol. The maximum Gasteiger partial charge on any atom is 0.140 e. The largest absolute Gasteiger partial charge is 0.387 e. The summed E-state index contributed by atoms with van der Waals surface area (Å²) >= 11 is 0. The van der Waals surface area contributed by atoms with Crippen molar-refractivity contribution in [3.8, 4) is 11.3 Å². The van der Waals surface area contributed by atoms with Crippen LogP contribution in [0.2, 0.25) is 0 Å². The molecule has 5 heterocycles. The lowest BCUT2D eigenvalue weighted by Gasteiger charge is -2.36. The maximum atomic E-state index is 13.6. The maximum absolute atomic E-state index is 13.6. The molecule has 4 aromatic rings. The van der Waals surface area contributed by atoms with Gasteiger partial charge in [0, 0.05) is 49.7 Å². The highest BCUT2D eigenvalue weighted by atomic mass is 19.1. The SMILES string of the molecule is OC1([C@@H]2CN(c3ccc(Nc4ccc(-c5cnc6cc(F)ccn56)c5c4CNC5)nc3)CCO2)CC1. The Balaban J connectivity index is 1.13. The highest BCUT2D eigenvalue weighted by Crippen LogP contribution is 2.41. The van der Waals surface area contributed by atoms with E-state index in [0.29, 0.717) is 18.8 Å². The van der Waals surface area contributed by atoms with Gasteiger partial charge in [-0.1, -0.05) is 6.07 Å². The Kier molecular flexibility index (Phi) is 4.99. The number of rotatable bonds is 5. The molecule has 0 bridgehead atoms. The van der Waals surface area contributed by atoms with Gasteiger partial charge in [0.15, 0.2) is 0 Å². The number of anilines is 3. The fourth-order valence-corrected chi connectivity index (χ4v) is 5.37. The molecule has 0 radical (unpaired) electrons. The molecule has 0 amide bonds. The molecule has 3 aromatic heterocycles. The average molecular weight is 487 g/mol. The normalized spacial score (nSPS) is 20.5. The summed E-state index contributed by atoms with van der Waals surface area (Å²) in [6.45, 7) is 3.59. The van der Waals surface area contributed by atoms with Crippen molar-refractivity contribution in [2.45, 2.75) is 37.6 Å². The van der Waals surface area contributed by atoms with Crippen molar-refractivity contribution < 1.29 is 14.2 Å². The highest BCUT2D eigenvalue weighted by molar-refractivity contribution is 5.75. The number of benzene rings is 1. The number of nitrogens with zero attached hydrogens (tertiary/aromatic N) is 4. The molecule has 3 aliphatic rings. The molecule has 2 fully saturated rings. The lowest BCUT2D eigenvalue weighted by molar-refractivity contribution is -0.0586. The Hall–Kier alpha value is -3.53. The van der Waals surface area contributed by atoms with Crippen LogP contribution in [0.5, 0.6) is 0 Å². The molecule has 36 heavy (non-hydrogen) atoms. The summed E-state index contributed by atoms with van der Waals surface area (Å²) in [6.07, 6.45) is 6.91. The number of ether oxygens (including phenoxy) is 1. The molecule has 1 saturated carbocycles. The standard InChI is InChI=1S/C27H27FN6O2/c28-17-5-8-34-23(15-31-26(34)11-17)19-2-3-22(21-14-29-13-20(19)21)32-25-4-1-18(12-30-25)33-9-10-36-24(16-33)27(35)6-7-27/h1-5,8,11-12,15,24,29,35H,6-7,9-10,13-14,16H2,(H,30,32)/t24-/m0/s1. The van der Waals surface area contributed by atoms with E-state index < -0.39 is 5.60 Å². The molecule has 9 heteroatoms. The minimum Gasteiger partial charge on any atom is -0.387 e. The summed E-state index contributed by atoms with van der Waals surface area (Å²) in [5.41, 5.74) is 6.43. The Morgan fingerprint density at radius 3 is 2.81 bits per heavy atom. The second-order valence-corrected chi connectivity index (χ2v) is 9.87. The number of halogens is 1. The van der Waals surface area contributed by atoms with Gasteiger partial charge < -0.3 is 25.4 Å². The second kappa shape index (κ2) is 8.26. The topological polar surface area (TPSA) is 87.0 Å². The Morgan fingerprint density at radius 2 is 1.97 bits per heavy atom. The number of hydrogen-bond donors (Lipinski definition) is 3. The van der Waals surface area contributed by atoms with Crippen molar-refractivity contribution in [1.82, 2.24) is 19.7 Å². The van der Waals surface area contributed by atoms with E-state index in [4.69, 9.17) is 4.74 Å². The van der Waals surface area contributed by atoms with E-state index in [0.717, 1.165) is 60.9 Å². The second-order valence-electron chi connectivity index (χ2n) is 9.87. The summed E-state index contributed by atoms with van der Waals surface area (Å²) in [6, 6.07) is 11.1. The minimum atomic E-state index is -0.645. The molecule has 1 aromatic carbocycles. The Bertz CT molecular complexity index is 1450. The van der Waals surface area contributed by atoms with Gasteiger partial charge in [-0.2, -0.15) is 0 Å². The van der Waals surface area contributed by atoms with E-state index in [1.165, 1.54) is 23.3 Å². The smallest absolute Gasteiger partial charge is 0.140 e.